The molecule has 0 radical (unpaired) electrons. The fraction of sp³-hybridized carbons (Fsp3) is 0.889. The second-order valence-electron chi connectivity index (χ2n) is 2.90. The molecule has 0 N–H and O–H groups in total. The van der Waals surface area contributed by atoms with Gasteiger partial charge in [0.2, 0.25) is 0 Å². The molecule has 0 heterocycles. The van der Waals surface area contributed by atoms with Gasteiger partial charge in [0.25, 0.3) is 0 Å². The van der Waals surface area contributed by atoms with Crippen LogP contribution >= 0.6 is 0 Å². The van der Waals surface area contributed by atoms with Gasteiger partial charge in [0.05, 0.1) is 6.61 Å². The summed E-state index contributed by atoms with van der Waals surface area (Å²) in [5.74, 6) is 0.410. The molecule has 0 aromatic rings. The molecule has 0 aromatic heterocycles. The maximum absolute atomic E-state index is 10.9. The molecule has 1 atom stereocenters. The Bertz CT molecular complexity index is 110. The summed E-state index contributed by atoms with van der Waals surface area (Å²) in [4.78, 5) is 10.9. The van der Waals surface area contributed by atoms with Gasteiger partial charge in [-0.3, -0.25) is 4.79 Å². The zero-order chi connectivity index (χ0) is 8.69. The first-order valence-corrected chi connectivity index (χ1v) is 4.36. The van der Waals surface area contributed by atoms with Crippen LogP contribution in [0.1, 0.15) is 40.0 Å². The minimum Gasteiger partial charge on any atom is -0.466 e. The third-order valence-corrected chi connectivity index (χ3v) is 1.60. The Labute approximate surface area is 68.9 Å². The normalized spacial score (nSPS) is 12.6. The molecule has 0 aliphatic carbocycles. The molecule has 0 aliphatic rings. The molecular formula is C9H18O2. The van der Waals surface area contributed by atoms with Crippen molar-refractivity contribution in [1.29, 1.82) is 0 Å². The van der Waals surface area contributed by atoms with Gasteiger partial charge >= 0.3 is 5.97 Å². The summed E-state index contributed by atoms with van der Waals surface area (Å²) in [5.41, 5.74) is 0. The molecule has 0 saturated carbocycles. The number of esters is 1. The molecule has 2 heteroatoms. The molecule has 0 aliphatic heterocycles. The van der Waals surface area contributed by atoms with Crippen molar-refractivity contribution in [2.24, 2.45) is 5.92 Å². The Balaban J connectivity index is 3.40. The van der Waals surface area contributed by atoms with E-state index < -0.39 is 0 Å². The van der Waals surface area contributed by atoms with Crippen LogP contribution in [0.3, 0.4) is 0 Å². The molecule has 0 spiro atoms. The van der Waals surface area contributed by atoms with Gasteiger partial charge in [-0.15, -0.1) is 0 Å². The summed E-state index contributed by atoms with van der Waals surface area (Å²) in [6, 6.07) is 0. The van der Waals surface area contributed by atoms with Crippen LogP contribution in [-0.4, -0.2) is 12.6 Å². The van der Waals surface area contributed by atoms with Gasteiger partial charge in [-0.25, -0.2) is 0 Å². The fourth-order valence-corrected chi connectivity index (χ4v) is 1.10. The summed E-state index contributed by atoms with van der Waals surface area (Å²) in [5, 5.41) is 0. The van der Waals surface area contributed by atoms with Crippen molar-refractivity contribution in [3.8, 4) is 0 Å². The Morgan fingerprint density at radius 1 is 1.45 bits per heavy atom. The number of carbonyl (C=O) groups is 1. The van der Waals surface area contributed by atoms with E-state index in [1.54, 1.807) is 0 Å². The molecule has 0 rings (SSSR count). The lowest BCUT2D eigenvalue weighted by molar-refractivity contribution is -0.144. The third kappa shape index (κ3) is 5.89. The highest BCUT2D eigenvalue weighted by molar-refractivity contribution is 5.69. The van der Waals surface area contributed by atoms with Crippen molar-refractivity contribution in [3.63, 3.8) is 0 Å². The number of hydrogen-bond acceptors (Lipinski definition) is 2. The largest absolute Gasteiger partial charge is 0.466 e. The van der Waals surface area contributed by atoms with Crippen LogP contribution in [0.4, 0.5) is 0 Å². The lowest BCUT2D eigenvalue weighted by Gasteiger charge is -2.07. The van der Waals surface area contributed by atoms with Crippen LogP contribution in [0, 0.1) is 5.92 Å². The summed E-state index contributed by atoms with van der Waals surface area (Å²) in [6.07, 6.45) is 2.82. The number of ether oxygens (including phenoxy) is 1. The van der Waals surface area contributed by atoms with Crippen molar-refractivity contribution in [2.45, 2.75) is 40.0 Å². The van der Waals surface area contributed by atoms with Gasteiger partial charge in [0.15, 0.2) is 0 Å². The van der Waals surface area contributed by atoms with E-state index in [0.29, 0.717) is 18.9 Å². The summed E-state index contributed by atoms with van der Waals surface area (Å²) in [7, 11) is 0. The van der Waals surface area contributed by atoms with Crippen molar-refractivity contribution in [2.75, 3.05) is 6.61 Å². The smallest absolute Gasteiger partial charge is 0.306 e. The van der Waals surface area contributed by atoms with Crippen molar-refractivity contribution < 1.29 is 9.53 Å². The average molecular weight is 158 g/mol. The first-order chi connectivity index (χ1) is 5.20. The average Bonchev–Trinajstić information content (AvgIpc) is 1.87. The van der Waals surface area contributed by atoms with Gasteiger partial charge in [-0.1, -0.05) is 26.7 Å². The molecule has 2 nitrogen and oxygen atoms in total. The summed E-state index contributed by atoms with van der Waals surface area (Å²) in [6.45, 7) is 6.54. The van der Waals surface area contributed by atoms with Gasteiger partial charge < -0.3 is 4.74 Å². The standard InChI is InChI=1S/C9H18O2/c1-4-6-8(3)7-9(10)11-5-2/h8H,4-7H2,1-3H3. The second-order valence-corrected chi connectivity index (χ2v) is 2.90. The predicted octanol–water partition coefficient (Wildman–Crippen LogP) is 2.38. The number of hydrogen-bond donors (Lipinski definition) is 0. The van der Waals surface area contributed by atoms with Gasteiger partial charge in [0, 0.05) is 6.42 Å². The Morgan fingerprint density at radius 3 is 2.55 bits per heavy atom. The highest BCUT2D eigenvalue weighted by Crippen LogP contribution is 2.10. The molecule has 0 saturated heterocycles. The van der Waals surface area contributed by atoms with Crippen LogP contribution < -0.4 is 0 Å². The first-order valence-electron chi connectivity index (χ1n) is 4.36. The molecule has 1 unspecified atom stereocenters. The van der Waals surface area contributed by atoms with E-state index in [1.807, 2.05) is 6.92 Å². The maximum Gasteiger partial charge on any atom is 0.306 e. The molecule has 0 amide bonds. The maximum atomic E-state index is 10.9. The molecule has 0 bridgehead atoms. The zero-order valence-electron chi connectivity index (χ0n) is 7.72. The number of carbonyl (C=O) groups excluding carboxylic acids is 1. The van der Waals surface area contributed by atoms with Crippen LogP contribution in [0.15, 0.2) is 0 Å². The summed E-state index contributed by atoms with van der Waals surface area (Å²) >= 11 is 0. The SMILES string of the molecule is CCCC(C)CC(=O)OCC. The topological polar surface area (TPSA) is 26.3 Å². The van der Waals surface area contributed by atoms with E-state index in [9.17, 15) is 4.79 Å². The van der Waals surface area contributed by atoms with E-state index in [2.05, 4.69) is 13.8 Å². The third-order valence-electron chi connectivity index (χ3n) is 1.60. The van der Waals surface area contributed by atoms with Crippen LogP contribution in [0.25, 0.3) is 0 Å². The monoisotopic (exact) mass is 158 g/mol. The minimum atomic E-state index is -0.0616. The summed E-state index contributed by atoms with van der Waals surface area (Å²) < 4.78 is 4.82. The highest BCUT2D eigenvalue weighted by atomic mass is 16.5. The molecule has 11 heavy (non-hydrogen) atoms. The van der Waals surface area contributed by atoms with E-state index in [0.717, 1.165) is 12.8 Å². The van der Waals surface area contributed by atoms with E-state index in [-0.39, 0.29) is 5.97 Å². The van der Waals surface area contributed by atoms with Crippen LogP contribution in [0.5, 0.6) is 0 Å². The van der Waals surface area contributed by atoms with Gasteiger partial charge in [-0.2, -0.15) is 0 Å². The zero-order valence-corrected chi connectivity index (χ0v) is 7.72. The van der Waals surface area contributed by atoms with Crippen LogP contribution in [0.2, 0.25) is 0 Å². The number of rotatable bonds is 5. The molecular weight excluding hydrogens is 140 g/mol. The quantitative estimate of drug-likeness (QED) is 0.574. The predicted molar refractivity (Wildman–Crippen MR) is 45.3 cm³/mol. The van der Waals surface area contributed by atoms with Crippen LogP contribution in [-0.2, 0) is 9.53 Å². The van der Waals surface area contributed by atoms with Crippen molar-refractivity contribution in [1.82, 2.24) is 0 Å². The highest BCUT2D eigenvalue weighted by Gasteiger charge is 2.07. The fourth-order valence-electron chi connectivity index (χ4n) is 1.10. The molecule has 66 valence electrons. The minimum absolute atomic E-state index is 0.0616. The lowest BCUT2D eigenvalue weighted by Crippen LogP contribution is -2.08. The lowest BCUT2D eigenvalue weighted by atomic mass is 10.0. The van der Waals surface area contributed by atoms with E-state index in [4.69, 9.17) is 4.74 Å². The Kier molecular flexibility index (Phi) is 5.90. The van der Waals surface area contributed by atoms with E-state index >= 15 is 0 Å². The molecule has 0 fully saturated rings. The molecule has 0 aromatic carbocycles. The van der Waals surface area contributed by atoms with Crippen molar-refractivity contribution in [3.05, 3.63) is 0 Å². The van der Waals surface area contributed by atoms with Gasteiger partial charge in [-0.05, 0) is 12.8 Å². The van der Waals surface area contributed by atoms with Gasteiger partial charge in [0.1, 0.15) is 0 Å². The van der Waals surface area contributed by atoms with Crippen molar-refractivity contribution >= 4 is 5.97 Å². The van der Waals surface area contributed by atoms with E-state index in [1.165, 1.54) is 0 Å². The Hall–Kier alpha value is -0.530. The first kappa shape index (κ1) is 10.5. The second kappa shape index (κ2) is 6.20. The Morgan fingerprint density at radius 2 is 2.09 bits per heavy atom.